The van der Waals surface area contributed by atoms with Gasteiger partial charge in [-0.1, -0.05) is 30.3 Å². The van der Waals surface area contributed by atoms with Gasteiger partial charge in [-0.3, -0.25) is 0 Å². The highest BCUT2D eigenvalue weighted by molar-refractivity contribution is 7.75. The first-order chi connectivity index (χ1) is 5.43. The second-order valence-corrected chi connectivity index (χ2v) is 2.68. The fourth-order valence-electron chi connectivity index (χ4n) is 0.986. The van der Waals surface area contributed by atoms with Gasteiger partial charge in [-0.2, -0.15) is 0 Å². The van der Waals surface area contributed by atoms with Crippen molar-refractivity contribution in [1.29, 1.82) is 0 Å². The Bertz CT molecular complexity index is 186. The highest BCUT2D eigenvalue weighted by atomic mass is 32.1. The summed E-state index contributed by atoms with van der Waals surface area (Å²) in [6, 6.07) is 10.4. The largest absolute Gasteiger partial charge is 0.318 e. The molecule has 1 aromatic carbocycles. The average Bonchev–Trinajstić information content (AvgIpc) is 2.07. The van der Waals surface area contributed by atoms with E-state index in [-0.39, 0.29) is 0 Å². The predicted octanol–water partition coefficient (Wildman–Crippen LogP) is 2.48. The monoisotopic (exact) mass is 168 g/mol. The summed E-state index contributed by atoms with van der Waals surface area (Å²) in [6.45, 7) is 0.720. The fourth-order valence-corrected chi connectivity index (χ4v) is 1.11. The molecule has 0 N–H and O–H groups in total. The highest BCUT2D eigenvalue weighted by Gasteiger charge is 1.89. The number of hydrogen-bond donors (Lipinski definition) is 1. The smallest absolute Gasteiger partial charge is 0.0613 e. The molecule has 0 aromatic heterocycles. The third-order valence-electron chi connectivity index (χ3n) is 1.54. The first-order valence-electron chi connectivity index (χ1n) is 3.74. The molecule has 0 aliphatic heterocycles. The molecule has 11 heavy (non-hydrogen) atoms. The zero-order valence-corrected chi connectivity index (χ0v) is 7.26. The van der Waals surface area contributed by atoms with Gasteiger partial charge in [-0.25, -0.2) is 0 Å². The molecule has 1 aromatic rings. The van der Waals surface area contributed by atoms with Gasteiger partial charge in [0.25, 0.3) is 0 Å². The molecule has 60 valence electrons. The van der Waals surface area contributed by atoms with Gasteiger partial charge in [0, 0.05) is 0 Å². The summed E-state index contributed by atoms with van der Waals surface area (Å²) in [4.78, 5) is 0. The van der Waals surface area contributed by atoms with Crippen LogP contribution in [0.2, 0.25) is 0 Å². The lowest BCUT2D eigenvalue weighted by Crippen LogP contribution is -1.89. The van der Waals surface area contributed by atoms with Crippen molar-refractivity contribution in [3.63, 3.8) is 0 Å². The van der Waals surface area contributed by atoms with Crippen LogP contribution in [0.5, 0.6) is 0 Å². The van der Waals surface area contributed by atoms with E-state index in [4.69, 9.17) is 0 Å². The number of hydrogen-bond acceptors (Lipinski definition) is 2. The molecule has 0 spiro atoms. The zero-order chi connectivity index (χ0) is 7.94. The second-order valence-electron chi connectivity index (χ2n) is 2.42. The van der Waals surface area contributed by atoms with Crippen molar-refractivity contribution in [2.75, 3.05) is 6.61 Å². The second kappa shape index (κ2) is 5.22. The lowest BCUT2D eigenvalue weighted by Gasteiger charge is -1.98. The maximum atomic E-state index is 4.66. The van der Waals surface area contributed by atoms with Crippen molar-refractivity contribution in [2.24, 2.45) is 0 Å². The minimum atomic E-state index is 0.720. The van der Waals surface area contributed by atoms with Gasteiger partial charge in [0.2, 0.25) is 0 Å². The normalized spacial score (nSPS) is 9.91. The molecular weight excluding hydrogens is 156 g/mol. The first-order valence-corrected chi connectivity index (χ1v) is 4.10. The number of thiol groups is 1. The van der Waals surface area contributed by atoms with E-state index in [2.05, 4.69) is 41.4 Å². The van der Waals surface area contributed by atoms with Crippen molar-refractivity contribution in [3.05, 3.63) is 35.9 Å². The Labute approximate surface area is 73.0 Å². The molecule has 0 radical (unpaired) electrons. The molecular formula is C9H12OS. The van der Waals surface area contributed by atoms with Crippen LogP contribution in [0, 0.1) is 0 Å². The van der Waals surface area contributed by atoms with E-state index in [0.717, 1.165) is 19.4 Å². The van der Waals surface area contributed by atoms with Gasteiger partial charge in [-0.15, -0.1) is 0 Å². The van der Waals surface area contributed by atoms with Gasteiger partial charge in [-0.05, 0) is 31.3 Å². The van der Waals surface area contributed by atoms with Crippen molar-refractivity contribution in [2.45, 2.75) is 12.8 Å². The molecule has 0 fully saturated rings. The molecule has 0 bridgehead atoms. The predicted molar refractivity (Wildman–Crippen MR) is 49.7 cm³/mol. The van der Waals surface area contributed by atoms with E-state index in [1.54, 1.807) is 0 Å². The van der Waals surface area contributed by atoms with Gasteiger partial charge in [0.15, 0.2) is 0 Å². The summed E-state index contributed by atoms with van der Waals surface area (Å²) >= 11 is 3.67. The van der Waals surface area contributed by atoms with E-state index < -0.39 is 0 Å². The molecule has 0 heterocycles. The maximum Gasteiger partial charge on any atom is 0.0613 e. The standard InChI is InChI=1S/C9H12OS/c11-10-8-4-7-9-5-2-1-3-6-9/h1-3,5-6,11H,4,7-8H2. The van der Waals surface area contributed by atoms with Crippen LogP contribution in [0.25, 0.3) is 0 Å². The minimum Gasteiger partial charge on any atom is -0.318 e. The van der Waals surface area contributed by atoms with Gasteiger partial charge >= 0.3 is 0 Å². The first kappa shape index (κ1) is 8.62. The Balaban J connectivity index is 2.28. The van der Waals surface area contributed by atoms with Crippen LogP contribution < -0.4 is 0 Å². The minimum absolute atomic E-state index is 0.720. The number of benzene rings is 1. The van der Waals surface area contributed by atoms with E-state index in [9.17, 15) is 0 Å². The molecule has 2 heteroatoms. The Morgan fingerprint density at radius 3 is 2.55 bits per heavy atom. The summed E-state index contributed by atoms with van der Waals surface area (Å²) in [5.41, 5.74) is 1.36. The van der Waals surface area contributed by atoms with Crippen LogP contribution in [-0.2, 0) is 10.6 Å². The zero-order valence-electron chi connectivity index (χ0n) is 6.36. The SMILES string of the molecule is SOCCCc1ccccc1. The third-order valence-corrected chi connectivity index (χ3v) is 1.73. The quantitative estimate of drug-likeness (QED) is 0.413. The van der Waals surface area contributed by atoms with Crippen LogP contribution >= 0.6 is 12.9 Å². The molecule has 0 unspecified atom stereocenters. The Morgan fingerprint density at radius 1 is 1.18 bits per heavy atom. The molecule has 0 amide bonds. The van der Waals surface area contributed by atoms with E-state index >= 15 is 0 Å². The van der Waals surface area contributed by atoms with Crippen molar-refractivity contribution < 1.29 is 4.18 Å². The van der Waals surface area contributed by atoms with Crippen molar-refractivity contribution >= 4 is 12.9 Å². The van der Waals surface area contributed by atoms with Gasteiger partial charge < -0.3 is 4.18 Å². The molecule has 0 saturated carbocycles. The van der Waals surface area contributed by atoms with E-state index in [1.807, 2.05) is 6.07 Å². The fraction of sp³-hybridized carbons (Fsp3) is 0.333. The van der Waals surface area contributed by atoms with Crippen LogP contribution in [0.3, 0.4) is 0 Å². The summed E-state index contributed by atoms with van der Waals surface area (Å²) in [5, 5.41) is 0. The molecule has 0 saturated heterocycles. The lowest BCUT2D eigenvalue weighted by atomic mass is 10.1. The Kier molecular flexibility index (Phi) is 4.09. The molecule has 0 atom stereocenters. The lowest BCUT2D eigenvalue weighted by molar-refractivity contribution is 0.372. The average molecular weight is 168 g/mol. The van der Waals surface area contributed by atoms with Gasteiger partial charge in [0.1, 0.15) is 0 Å². The van der Waals surface area contributed by atoms with E-state index in [1.165, 1.54) is 5.56 Å². The maximum absolute atomic E-state index is 4.66. The molecule has 1 nitrogen and oxygen atoms in total. The Morgan fingerprint density at radius 2 is 1.91 bits per heavy atom. The van der Waals surface area contributed by atoms with Crippen LogP contribution in [0.1, 0.15) is 12.0 Å². The summed E-state index contributed by atoms with van der Waals surface area (Å²) in [6.07, 6.45) is 2.11. The Hall–Kier alpha value is -0.470. The summed E-state index contributed by atoms with van der Waals surface area (Å²) < 4.78 is 4.66. The highest BCUT2D eigenvalue weighted by Crippen LogP contribution is 2.02. The third kappa shape index (κ3) is 3.44. The topological polar surface area (TPSA) is 9.23 Å². The van der Waals surface area contributed by atoms with Crippen LogP contribution in [0.4, 0.5) is 0 Å². The summed E-state index contributed by atoms with van der Waals surface area (Å²) in [5.74, 6) is 0. The van der Waals surface area contributed by atoms with E-state index in [0.29, 0.717) is 0 Å². The number of rotatable bonds is 4. The van der Waals surface area contributed by atoms with Crippen molar-refractivity contribution in [1.82, 2.24) is 0 Å². The molecule has 1 rings (SSSR count). The van der Waals surface area contributed by atoms with Crippen molar-refractivity contribution in [3.8, 4) is 0 Å². The summed E-state index contributed by atoms with van der Waals surface area (Å²) in [7, 11) is 0. The van der Waals surface area contributed by atoms with Gasteiger partial charge in [0.05, 0.1) is 6.61 Å². The van der Waals surface area contributed by atoms with Crippen LogP contribution in [-0.4, -0.2) is 6.61 Å². The molecule has 0 aliphatic rings. The number of aryl methyl sites for hydroxylation is 1. The van der Waals surface area contributed by atoms with Crippen LogP contribution in [0.15, 0.2) is 30.3 Å². The molecule has 0 aliphatic carbocycles.